The van der Waals surface area contributed by atoms with Crippen molar-refractivity contribution in [1.29, 1.82) is 0 Å². The number of carbonyl (C=O) groups is 2. The maximum absolute atomic E-state index is 12.9. The molecule has 2 aliphatic rings. The summed E-state index contributed by atoms with van der Waals surface area (Å²) < 4.78 is 0. The molecule has 6 heteroatoms. The van der Waals surface area contributed by atoms with Gasteiger partial charge in [-0.2, -0.15) is 0 Å². The highest BCUT2D eigenvalue weighted by molar-refractivity contribution is 5.81. The largest absolute Gasteiger partial charge is 0.356 e. The summed E-state index contributed by atoms with van der Waals surface area (Å²) in [5.74, 6) is 0.243. The number of hydrogen-bond donors (Lipinski definition) is 1. The summed E-state index contributed by atoms with van der Waals surface area (Å²) in [6.07, 6.45) is 3.52. The zero-order valence-electron chi connectivity index (χ0n) is 17.1. The van der Waals surface area contributed by atoms with Crippen LogP contribution in [0.3, 0.4) is 0 Å². The predicted octanol–water partition coefficient (Wildman–Crippen LogP) is 1.71. The summed E-state index contributed by atoms with van der Waals surface area (Å²) in [4.78, 5) is 31.6. The number of piperazine rings is 1. The number of likely N-dealkylation sites (tertiary alicyclic amines) is 1. The van der Waals surface area contributed by atoms with E-state index in [1.54, 1.807) is 0 Å². The van der Waals surface area contributed by atoms with Gasteiger partial charge in [-0.05, 0) is 31.7 Å². The summed E-state index contributed by atoms with van der Waals surface area (Å²) in [6, 6.07) is 10.6. The van der Waals surface area contributed by atoms with Crippen molar-refractivity contribution in [2.24, 2.45) is 0 Å². The normalized spacial score (nSPS) is 21.5. The summed E-state index contributed by atoms with van der Waals surface area (Å²) >= 11 is 0. The molecule has 1 aromatic carbocycles. The lowest BCUT2D eigenvalue weighted by Crippen LogP contribution is -2.53. The van der Waals surface area contributed by atoms with E-state index in [2.05, 4.69) is 39.4 Å². The molecule has 0 radical (unpaired) electrons. The molecule has 0 spiro atoms. The standard InChI is InChI=1S/C22H34N4O2/c1-2-23-21(27)16-20-10-6-7-11-26(20)22(28)18-25-14-12-24(13-15-25)17-19-8-4-3-5-9-19/h3-5,8-9,20H,2,6-7,10-18H2,1H3,(H,23,27)/t20-/m0/s1. The van der Waals surface area contributed by atoms with Gasteiger partial charge >= 0.3 is 0 Å². The molecular weight excluding hydrogens is 352 g/mol. The van der Waals surface area contributed by atoms with Crippen LogP contribution in [-0.4, -0.2) is 78.4 Å². The maximum atomic E-state index is 12.9. The van der Waals surface area contributed by atoms with Crippen LogP contribution in [0.5, 0.6) is 0 Å². The Morgan fingerprint density at radius 3 is 2.43 bits per heavy atom. The number of nitrogens with zero attached hydrogens (tertiary/aromatic N) is 3. The Morgan fingerprint density at radius 1 is 1.00 bits per heavy atom. The molecule has 6 nitrogen and oxygen atoms in total. The summed E-state index contributed by atoms with van der Waals surface area (Å²) in [5, 5.41) is 2.87. The zero-order valence-corrected chi connectivity index (χ0v) is 17.1. The second-order valence-corrected chi connectivity index (χ2v) is 7.93. The fourth-order valence-electron chi connectivity index (χ4n) is 4.25. The van der Waals surface area contributed by atoms with Gasteiger partial charge in [-0.1, -0.05) is 30.3 Å². The molecule has 2 aliphatic heterocycles. The molecular formula is C22H34N4O2. The van der Waals surface area contributed by atoms with E-state index in [4.69, 9.17) is 0 Å². The fourth-order valence-corrected chi connectivity index (χ4v) is 4.25. The van der Waals surface area contributed by atoms with Gasteiger partial charge in [-0.25, -0.2) is 0 Å². The molecule has 0 bridgehead atoms. The second kappa shape index (κ2) is 10.6. The van der Waals surface area contributed by atoms with E-state index >= 15 is 0 Å². The van der Waals surface area contributed by atoms with Crippen molar-refractivity contribution in [2.75, 3.05) is 45.8 Å². The molecule has 2 heterocycles. The number of rotatable bonds is 7. The Hall–Kier alpha value is -1.92. The summed E-state index contributed by atoms with van der Waals surface area (Å²) in [7, 11) is 0. The highest BCUT2D eigenvalue weighted by Crippen LogP contribution is 2.20. The maximum Gasteiger partial charge on any atom is 0.237 e. The molecule has 154 valence electrons. The van der Waals surface area contributed by atoms with Crippen LogP contribution in [0.15, 0.2) is 30.3 Å². The van der Waals surface area contributed by atoms with Crippen molar-refractivity contribution in [2.45, 2.75) is 45.2 Å². The first kappa shape index (κ1) is 20.8. The Balaban J connectivity index is 1.45. The highest BCUT2D eigenvalue weighted by Gasteiger charge is 2.30. The zero-order chi connectivity index (χ0) is 19.8. The monoisotopic (exact) mass is 386 g/mol. The van der Waals surface area contributed by atoms with Gasteiger partial charge in [0.15, 0.2) is 0 Å². The van der Waals surface area contributed by atoms with Gasteiger partial charge < -0.3 is 10.2 Å². The van der Waals surface area contributed by atoms with E-state index < -0.39 is 0 Å². The SMILES string of the molecule is CCNC(=O)C[C@@H]1CCCCN1C(=O)CN1CCN(Cc2ccccc2)CC1. The van der Waals surface area contributed by atoms with Gasteiger partial charge in [0, 0.05) is 58.3 Å². The molecule has 0 unspecified atom stereocenters. The Bertz CT molecular complexity index is 629. The van der Waals surface area contributed by atoms with Crippen LogP contribution in [0.1, 0.15) is 38.2 Å². The topological polar surface area (TPSA) is 55.9 Å². The molecule has 2 fully saturated rings. The molecule has 2 saturated heterocycles. The van der Waals surface area contributed by atoms with E-state index in [1.807, 2.05) is 17.9 Å². The second-order valence-electron chi connectivity index (χ2n) is 7.93. The first-order valence-corrected chi connectivity index (χ1v) is 10.7. The molecule has 2 amide bonds. The Kier molecular flexibility index (Phi) is 7.86. The molecule has 0 aliphatic carbocycles. The van der Waals surface area contributed by atoms with Gasteiger partial charge in [0.1, 0.15) is 0 Å². The third-order valence-corrected chi connectivity index (χ3v) is 5.82. The lowest BCUT2D eigenvalue weighted by atomic mass is 9.98. The third-order valence-electron chi connectivity index (χ3n) is 5.82. The number of nitrogens with one attached hydrogen (secondary N) is 1. The van der Waals surface area contributed by atoms with Crippen LogP contribution in [0, 0.1) is 0 Å². The van der Waals surface area contributed by atoms with Gasteiger partial charge in [-0.3, -0.25) is 19.4 Å². The fraction of sp³-hybridized carbons (Fsp3) is 0.636. The lowest BCUT2D eigenvalue weighted by molar-refractivity contribution is -0.137. The van der Waals surface area contributed by atoms with E-state index in [1.165, 1.54) is 5.56 Å². The van der Waals surface area contributed by atoms with E-state index in [0.717, 1.165) is 58.5 Å². The van der Waals surface area contributed by atoms with Gasteiger partial charge in [0.2, 0.25) is 11.8 Å². The van der Waals surface area contributed by atoms with Crippen molar-refractivity contribution in [3.8, 4) is 0 Å². The van der Waals surface area contributed by atoms with E-state index in [9.17, 15) is 9.59 Å². The summed E-state index contributed by atoms with van der Waals surface area (Å²) in [6.45, 7) is 8.65. The van der Waals surface area contributed by atoms with Gasteiger partial charge in [0.25, 0.3) is 0 Å². The smallest absolute Gasteiger partial charge is 0.237 e. The lowest BCUT2D eigenvalue weighted by Gasteiger charge is -2.39. The van der Waals surface area contributed by atoms with Gasteiger partial charge in [-0.15, -0.1) is 0 Å². The van der Waals surface area contributed by atoms with Crippen LogP contribution < -0.4 is 5.32 Å². The van der Waals surface area contributed by atoms with Crippen LogP contribution in [0.25, 0.3) is 0 Å². The quantitative estimate of drug-likeness (QED) is 0.775. The number of hydrogen-bond acceptors (Lipinski definition) is 4. The Morgan fingerprint density at radius 2 is 1.71 bits per heavy atom. The molecule has 3 rings (SSSR count). The predicted molar refractivity (Wildman–Crippen MR) is 111 cm³/mol. The first-order chi connectivity index (χ1) is 13.7. The molecule has 0 saturated carbocycles. The van der Waals surface area contributed by atoms with E-state index in [0.29, 0.717) is 19.5 Å². The van der Waals surface area contributed by atoms with Gasteiger partial charge in [0.05, 0.1) is 6.54 Å². The average Bonchev–Trinajstić information content (AvgIpc) is 2.71. The summed E-state index contributed by atoms with van der Waals surface area (Å²) in [5.41, 5.74) is 1.34. The highest BCUT2D eigenvalue weighted by atomic mass is 16.2. The number of benzene rings is 1. The number of amides is 2. The van der Waals surface area contributed by atoms with Crippen molar-refractivity contribution in [3.05, 3.63) is 35.9 Å². The van der Waals surface area contributed by atoms with E-state index in [-0.39, 0.29) is 17.9 Å². The average molecular weight is 387 g/mol. The number of carbonyl (C=O) groups excluding carboxylic acids is 2. The van der Waals surface area contributed by atoms with Crippen LogP contribution in [0.4, 0.5) is 0 Å². The minimum Gasteiger partial charge on any atom is -0.356 e. The molecule has 28 heavy (non-hydrogen) atoms. The van der Waals surface area contributed by atoms with Crippen molar-refractivity contribution in [3.63, 3.8) is 0 Å². The molecule has 0 aromatic heterocycles. The number of piperidine rings is 1. The van der Waals surface area contributed by atoms with Crippen molar-refractivity contribution >= 4 is 11.8 Å². The third kappa shape index (κ3) is 6.04. The molecule has 1 atom stereocenters. The van der Waals surface area contributed by atoms with Crippen molar-refractivity contribution in [1.82, 2.24) is 20.0 Å². The van der Waals surface area contributed by atoms with Crippen LogP contribution in [0.2, 0.25) is 0 Å². The minimum absolute atomic E-state index is 0.0572. The van der Waals surface area contributed by atoms with Crippen LogP contribution in [-0.2, 0) is 16.1 Å². The van der Waals surface area contributed by atoms with Crippen molar-refractivity contribution < 1.29 is 9.59 Å². The first-order valence-electron chi connectivity index (χ1n) is 10.7. The van der Waals surface area contributed by atoms with Crippen LogP contribution >= 0.6 is 0 Å². The molecule has 1 N–H and O–H groups in total. The Labute approximate surface area is 168 Å². The minimum atomic E-state index is 0.0572. The molecule has 1 aromatic rings.